The van der Waals surface area contributed by atoms with Gasteiger partial charge in [0.05, 0.1) is 13.2 Å². The molecule has 1 aromatic carbocycles. The van der Waals surface area contributed by atoms with Gasteiger partial charge in [0.25, 0.3) is 0 Å². The topological polar surface area (TPSA) is 113 Å². The number of fused-ring (bicyclic) bond motifs is 1. The van der Waals surface area contributed by atoms with E-state index in [1.807, 2.05) is 6.92 Å². The molecule has 0 spiro atoms. The maximum Gasteiger partial charge on any atom is 0.247 e. The average Bonchev–Trinajstić information content (AvgIpc) is 2.80. The van der Waals surface area contributed by atoms with E-state index >= 15 is 0 Å². The normalized spacial score (nSPS) is 21.5. The van der Waals surface area contributed by atoms with Crippen LogP contribution in [-0.2, 0) is 14.8 Å². The van der Waals surface area contributed by atoms with E-state index in [4.69, 9.17) is 4.74 Å². The monoisotopic (exact) mass is 462 g/mol. The van der Waals surface area contributed by atoms with Gasteiger partial charge in [-0.05, 0) is 24.6 Å². The van der Waals surface area contributed by atoms with Crippen molar-refractivity contribution in [2.45, 2.75) is 44.2 Å². The molecule has 9 nitrogen and oxygen atoms in total. The quantitative estimate of drug-likeness (QED) is 0.696. The number of carbonyl (C=O) groups excluding carboxylic acids is 1. The molecule has 3 atom stereocenters. The molecule has 0 saturated carbocycles. The minimum absolute atomic E-state index is 0.0218. The van der Waals surface area contributed by atoms with Crippen molar-refractivity contribution in [2.24, 2.45) is 5.92 Å². The molecular formula is C22H30N4O5S. The van der Waals surface area contributed by atoms with Crippen LogP contribution in [0.1, 0.15) is 27.2 Å². The second-order valence-electron chi connectivity index (χ2n) is 8.16. The number of aromatic nitrogens is 2. The van der Waals surface area contributed by atoms with Gasteiger partial charge >= 0.3 is 0 Å². The number of rotatable bonds is 6. The van der Waals surface area contributed by atoms with Gasteiger partial charge in [-0.15, -0.1) is 0 Å². The van der Waals surface area contributed by atoms with E-state index in [1.165, 1.54) is 16.7 Å². The first-order chi connectivity index (χ1) is 15.2. The van der Waals surface area contributed by atoms with Crippen molar-refractivity contribution in [3.05, 3.63) is 36.9 Å². The van der Waals surface area contributed by atoms with Crippen molar-refractivity contribution in [1.29, 1.82) is 0 Å². The van der Waals surface area contributed by atoms with Gasteiger partial charge in [-0.25, -0.2) is 18.4 Å². The largest absolute Gasteiger partial charge is 0.487 e. The predicted molar refractivity (Wildman–Crippen MR) is 119 cm³/mol. The first-order valence-corrected chi connectivity index (χ1v) is 12.1. The first-order valence-electron chi connectivity index (χ1n) is 10.6. The second-order valence-corrected chi connectivity index (χ2v) is 10.0. The summed E-state index contributed by atoms with van der Waals surface area (Å²) in [6.45, 7) is 5.53. The van der Waals surface area contributed by atoms with Crippen molar-refractivity contribution in [1.82, 2.24) is 19.2 Å². The zero-order valence-corrected chi connectivity index (χ0v) is 19.6. The lowest BCUT2D eigenvalue weighted by molar-refractivity contribution is -0.131. The van der Waals surface area contributed by atoms with Crippen molar-refractivity contribution in [2.75, 3.05) is 26.7 Å². The van der Waals surface area contributed by atoms with Crippen molar-refractivity contribution in [3.8, 4) is 16.9 Å². The number of benzene rings is 1. The zero-order chi connectivity index (χ0) is 23.5. The van der Waals surface area contributed by atoms with Crippen LogP contribution in [0.4, 0.5) is 0 Å². The number of aliphatic hydroxyl groups is 1. The van der Waals surface area contributed by atoms with Crippen LogP contribution < -0.4 is 4.74 Å². The Morgan fingerprint density at radius 1 is 1.31 bits per heavy atom. The molecule has 0 saturated heterocycles. The molecule has 32 heavy (non-hydrogen) atoms. The third-order valence-corrected chi connectivity index (χ3v) is 7.76. The minimum atomic E-state index is -3.92. The first kappa shape index (κ1) is 24.1. The van der Waals surface area contributed by atoms with Crippen LogP contribution in [0.2, 0.25) is 0 Å². The summed E-state index contributed by atoms with van der Waals surface area (Å²) in [5.41, 5.74) is 1.44. The lowest BCUT2D eigenvalue weighted by Crippen LogP contribution is -2.50. The third kappa shape index (κ3) is 4.92. The molecule has 0 unspecified atom stereocenters. The van der Waals surface area contributed by atoms with Gasteiger partial charge in [-0.2, -0.15) is 4.31 Å². The lowest BCUT2D eigenvalue weighted by Gasteiger charge is -2.37. The van der Waals surface area contributed by atoms with Gasteiger partial charge in [0.15, 0.2) is 0 Å². The van der Waals surface area contributed by atoms with Crippen LogP contribution in [0.15, 0.2) is 41.8 Å². The SMILES string of the molecule is CCC(=O)N(C)C[C@@H]1Oc2cc(-c3cncnc3)ccc2S(=O)(=O)N([C@@H](C)CO)C[C@H]1C. The molecule has 174 valence electrons. The number of ether oxygens (including phenoxy) is 1. The van der Waals surface area contributed by atoms with Crippen molar-refractivity contribution in [3.63, 3.8) is 0 Å². The predicted octanol–water partition coefficient (Wildman–Crippen LogP) is 1.78. The Balaban J connectivity index is 2.11. The summed E-state index contributed by atoms with van der Waals surface area (Å²) < 4.78 is 34.6. The van der Waals surface area contributed by atoms with E-state index < -0.39 is 22.2 Å². The molecule has 1 aromatic heterocycles. The number of carbonyl (C=O) groups is 1. The number of nitrogens with zero attached hydrogens (tertiary/aromatic N) is 4. The van der Waals surface area contributed by atoms with Crippen molar-refractivity contribution >= 4 is 15.9 Å². The van der Waals surface area contributed by atoms with E-state index in [9.17, 15) is 18.3 Å². The summed E-state index contributed by atoms with van der Waals surface area (Å²) >= 11 is 0. The average molecular weight is 463 g/mol. The van der Waals surface area contributed by atoms with Gasteiger partial charge in [-0.1, -0.05) is 19.9 Å². The number of likely N-dealkylation sites (N-methyl/N-ethyl adjacent to an activating group) is 1. The lowest BCUT2D eigenvalue weighted by atomic mass is 10.0. The molecule has 10 heteroatoms. The summed E-state index contributed by atoms with van der Waals surface area (Å²) in [6, 6.07) is 4.26. The van der Waals surface area contributed by atoms with Crippen LogP contribution in [0.25, 0.3) is 11.1 Å². The van der Waals surface area contributed by atoms with Gasteiger partial charge < -0.3 is 14.7 Å². The molecule has 0 radical (unpaired) electrons. The fourth-order valence-corrected chi connectivity index (χ4v) is 5.54. The Morgan fingerprint density at radius 2 is 2.00 bits per heavy atom. The highest BCUT2D eigenvalue weighted by Crippen LogP contribution is 2.36. The molecule has 3 rings (SSSR count). The maximum absolute atomic E-state index is 13.5. The Hall–Kier alpha value is -2.56. The molecule has 2 heterocycles. The molecular weight excluding hydrogens is 432 g/mol. The van der Waals surface area contributed by atoms with E-state index in [0.29, 0.717) is 18.5 Å². The Morgan fingerprint density at radius 3 is 2.62 bits per heavy atom. The maximum atomic E-state index is 13.5. The number of aliphatic hydroxyl groups excluding tert-OH is 1. The molecule has 1 aliphatic heterocycles. The number of hydrogen-bond donors (Lipinski definition) is 1. The summed E-state index contributed by atoms with van der Waals surface area (Å²) in [7, 11) is -2.21. The number of amides is 1. The van der Waals surface area contributed by atoms with E-state index in [0.717, 1.165) is 5.56 Å². The number of hydrogen-bond acceptors (Lipinski definition) is 7. The summed E-state index contributed by atoms with van der Waals surface area (Å²) in [6.07, 6.45) is 4.62. The minimum Gasteiger partial charge on any atom is -0.487 e. The van der Waals surface area contributed by atoms with Crippen LogP contribution in [0.5, 0.6) is 5.75 Å². The highest BCUT2D eigenvalue weighted by atomic mass is 32.2. The van der Waals surface area contributed by atoms with Gasteiger partial charge in [0.1, 0.15) is 23.1 Å². The second kappa shape index (κ2) is 9.93. The molecule has 1 amide bonds. The molecule has 0 bridgehead atoms. The highest BCUT2D eigenvalue weighted by molar-refractivity contribution is 7.89. The molecule has 2 aromatic rings. The van der Waals surface area contributed by atoms with E-state index in [2.05, 4.69) is 9.97 Å². The fraction of sp³-hybridized carbons (Fsp3) is 0.500. The van der Waals surface area contributed by atoms with Crippen LogP contribution in [-0.4, -0.2) is 77.5 Å². The summed E-state index contributed by atoms with van der Waals surface area (Å²) in [5, 5.41) is 9.72. The number of sulfonamides is 1. The van der Waals surface area contributed by atoms with E-state index in [-0.39, 0.29) is 35.6 Å². The summed E-state index contributed by atoms with van der Waals surface area (Å²) in [5.74, 6) is -0.0513. The van der Waals surface area contributed by atoms with Crippen LogP contribution in [0.3, 0.4) is 0 Å². The highest BCUT2D eigenvalue weighted by Gasteiger charge is 2.38. The van der Waals surface area contributed by atoms with Crippen molar-refractivity contribution < 1.29 is 23.1 Å². The fourth-order valence-electron chi connectivity index (χ4n) is 3.71. The summed E-state index contributed by atoms with van der Waals surface area (Å²) in [4.78, 5) is 21.9. The standard InChI is InChI=1S/C22H30N4O5S/c1-5-22(28)25(4)12-20-15(2)11-26(16(3)13-27)32(29,30)21-7-6-17(8-19(21)31-20)18-9-23-14-24-10-18/h6-10,14-16,20,27H,5,11-13H2,1-4H3/t15-,16+,20+/m1/s1. The van der Waals surface area contributed by atoms with Crippen LogP contribution >= 0.6 is 0 Å². The Labute approximate surface area is 189 Å². The third-order valence-electron chi connectivity index (χ3n) is 5.74. The Bertz CT molecular complexity index is 1050. The van der Waals surface area contributed by atoms with Crippen LogP contribution in [0, 0.1) is 5.92 Å². The molecule has 0 fully saturated rings. The Kier molecular flexibility index (Phi) is 7.47. The smallest absolute Gasteiger partial charge is 0.247 e. The molecule has 0 aliphatic carbocycles. The zero-order valence-electron chi connectivity index (χ0n) is 18.8. The molecule has 1 N–H and O–H groups in total. The van der Waals surface area contributed by atoms with Gasteiger partial charge in [0, 0.05) is 49.9 Å². The molecule has 1 aliphatic rings. The van der Waals surface area contributed by atoms with Gasteiger partial charge in [-0.3, -0.25) is 4.79 Å². The van der Waals surface area contributed by atoms with Gasteiger partial charge in [0.2, 0.25) is 15.9 Å². The van der Waals surface area contributed by atoms with E-state index in [1.54, 1.807) is 50.3 Å².